The van der Waals surface area contributed by atoms with Crippen molar-refractivity contribution >= 4 is 21.4 Å². The lowest BCUT2D eigenvalue weighted by Crippen LogP contribution is -2.11. The van der Waals surface area contributed by atoms with Gasteiger partial charge in [0.05, 0.1) is 4.90 Å². The van der Waals surface area contributed by atoms with Crippen LogP contribution in [0, 0.1) is 0 Å². The lowest BCUT2D eigenvalue weighted by atomic mass is 10.2. The number of hydrogen-bond acceptors (Lipinski definition) is 3. The molecule has 2 N–H and O–H groups in total. The first-order chi connectivity index (χ1) is 8.68. The number of rotatable bonds is 2. The van der Waals surface area contributed by atoms with Gasteiger partial charge in [0.15, 0.2) is 0 Å². The van der Waals surface area contributed by atoms with E-state index in [0.717, 1.165) is 6.07 Å². The monoisotopic (exact) mass is 307 g/mol. The Morgan fingerprint density at radius 3 is 2.00 bits per heavy atom. The van der Waals surface area contributed by atoms with Crippen LogP contribution in [0.2, 0.25) is 0 Å². The van der Waals surface area contributed by atoms with Gasteiger partial charge in [-0.05, 0) is 29.8 Å². The molecular formula is C11H8F3NO2S2. The van der Waals surface area contributed by atoms with Crippen LogP contribution >= 0.6 is 11.3 Å². The number of halogens is 3. The van der Waals surface area contributed by atoms with E-state index in [0.29, 0.717) is 21.8 Å². The minimum Gasteiger partial charge on any atom is -0.225 e. The van der Waals surface area contributed by atoms with Gasteiger partial charge in [0.2, 0.25) is 10.0 Å². The van der Waals surface area contributed by atoms with Gasteiger partial charge in [0.25, 0.3) is 0 Å². The fourth-order valence-electron chi connectivity index (χ4n) is 1.45. The van der Waals surface area contributed by atoms with Crippen molar-refractivity contribution in [3.63, 3.8) is 0 Å². The molecule has 1 aromatic carbocycles. The molecule has 0 aliphatic heterocycles. The molecule has 19 heavy (non-hydrogen) atoms. The van der Waals surface area contributed by atoms with Crippen molar-refractivity contribution in [1.82, 2.24) is 0 Å². The van der Waals surface area contributed by atoms with Crippen LogP contribution in [0.5, 0.6) is 0 Å². The Labute approximate surface area is 111 Å². The van der Waals surface area contributed by atoms with Crippen LogP contribution in [0.4, 0.5) is 13.2 Å². The number of sulfonamides is 1. The van der Waals surface area contributed by atoms with Crippen molar-refractivity contribution < 1.29 is 21.6 Å². The van der Waals surface area contributed by atoms with Crippen LogP contribution in [0.15, 0.2) is 41.3 Å². The number of primary sulfonamides is 1. The largest absolute Gasteiger partial charge is 0.425 e. The molecule has 102 valence electrons. The van der Waals surface area contributed by atoms with E-state index in [1.807, 2.05) is 0 Å². The molecule has 8 heteroatoms. The van der Waals surface area contributed by atoms with Crippen molar-refractivity contribution in [1.29, 1.82) is 0 Å². The van der Waals surface area contributed by atoms with Crippen molar-refractivity contribution in [3.05, 3.63) is 41.3 Å². The standard InChI is InChI=1S/C11H8F3NO2S2/c12-11(13,14)10-6-5-9(18-10)7-1-3-8(4-2-7)19(15,16)17/h1-6H,(H2,15,16,17). The van der Waals surface area contributed by atoms with Crippen LogP contribution in [0.1, 0.15) is 4.88 Å². The molecule has 0 fully saturated rings. The minimum absolute atomic E-state index is 0.0798. The summed E-state index contributed by atoms with van der Waals surface area (Å²) in [6.45, 7) is 0. The van der Waals surface area contributed by atoms with Gasteiger partial charge in [-0.1, -0.05) is 12.1 Å². The number of alkyl halides is 3. The zero-order valence-electron chi connectivity index (χ0n) is 9.31. The normalized spacial score (nSPS) is 12.6. The highest BCUT2D eigenvalue weighted by Gasteiger charge is 2.32. The second-order valence-corrected chi connectivity index (χ2v) is 6.38. The molecule has 0 amide bonds. The fraction of sp³-hybridized carbons (Fsp3) is 0.0909. The summed E-state index contributed by atoms with van der Waals surface area (Å²) >= 11 is 0.601. The minimum atomic E-state index is -4.37. The summed E-state index contributed by atoms with van der Waals surface area (Å²) in [4.78, 5) is -0.366. The molecule has 0 radical (unpaired) electrons. The zero-order valence-corrected chi connectivity index (χ0v) is 10.9. The van der Waals surface area contributed by atoms with Gasteiger partial charge >= 0.3 is 6.18 Å². The molecule has 2 aromatic rings. The highest BCUT2D eigenvalue weighted by atomic mass is 32.2. The third-order valence-corrected chi connectivity index (χ3v) is 4.46. The zero-order chi connectivity index (χ0) is 14.3. The third kappa shape index (κ3) is 3.14. The Bertz CT molecular complexity index is 687. The summed E-state index contributed by atoms with van der Waals surface area (Å²) < 4.78 is 59.5. The summed E-state index contributed by atoms with van der Waals surface area (Å²) in [7, 11) is -3.80. The van der Waals surface area contributed by atoms with E-state index in [2.05, 4.69) is 0 Å². The molecule has 0 aliphatic carbocycles. The molecule has 2 rings (SSSR count). The number of nitrogens with two attached hydrogens (primary N) is 1. The van der Waals surface area contributed by atoms with Crippen LogP contribution in [-0.4, -0.2) is 8.42 Å². The molecule has 3 nitrogen and oxygen atoms in total. The summed E-state index contributed by atoms with van der Waals surface area (Å²) in [6.07, 6.45) is -4.37. The number of hydrogen-bond donors (Lipinski definition) is 1. The summed E-state index contributed by atoms with van der Waals surface area (Å²) in [6, 6.07) is 7.71. The average molecular weight is 307 g/mol. The Hall–Kier alpha value is -1.38. The van der Waals surface area contributed by atoms with E-state index in [9.17, 15) is 21.6 Å². The Kier molecular flexibility index (Phi) is 3.41. The molecule has 1 heterocycles. The number of thiophene rings is 1. The molecule has 0 spiro atoms. The Morgan fingerprint density at radius 1 is 1.00 bits per heavy atom. The summed E-state index contributed by atoms with van der Waals surface area (Å²) in [5.41, 5.74) is 0.507. The van der Waals surface area contributed by atoms with E-state index in [1.165, 1.54) is 30.3 Å². The van der Waals surface area contributed by atoms with Gasteiger partial charge in [0, 0.05) is 4.88 Å². The first-order valence-corrected chi connectivity index (χ1v) is 7.34. The maximum atomic E-state index is 12.5. The quantitative estimate of drug-likeness (QED) is 0.927. The lowest BCUT2D eigenvalue weighted by Gasteiger charge is -2.02. The molecule has 0 atom stereocenters. The molecule has 0 bridgehead atoms. The second kappa shape index (κ2) is 4.62. The van der Waals surface area contributed by atoms with Crippen LogP contribution < -0.4 is 5.14 Å². The topological polar surface area (TPSA) is 60.2 Å². The van der Waals surface area contributed by atoms with Crippen molar-refractivity contribution in [3.8, 4) is 10.4 Å². The maximum absolute atomic E-state index is 12.5. The van der Waals surface area contributed by atoms with E-state index in [1.54, 1.807) is 0 Å². The van der Waals surface area contributed by atoms with Crippen LogP contribution in [0.3, 0.4) is 0 Å². The molecule has 0 aliphatic rings. The highest BCUT2D eigenvalue weighted by Crippen LogP contribution is 2.38. The van der Waals surface area contributed by atoms with Crippen molar-refractivity contribution in [2.45, 2.75) is 11.1 Å². The third-order valence-electron chi connectivity index (χ3n) is 2.35. The molecule has 0 unspecified atom stereocenters. The second-order valence-electron chi connectivity index (χ2n) is 3.73. The Balaban J connectivity index is 2.36. The van der Waals surface area contributed by atoms with Crippen molar-refractivity contribution in [2.75, 3.05) is 0 Å². The molecular weight excluding hydrogens is 299 g/mol. The van der Waals surface area contributed by atoms with Gasteiger partial charge in [-0.3, -0.25) is 0 Å². The van der Waals surface area contributed by atoms with Crippen LogP contribution in [-0.2, 0) is 16.2 Å². The first kappa shape index (κ1) is 14.0. The molecule has 0 saturated carbocycles. The van der Waals surface area contributed by atoms with E-state index in [4.69, 9.17) is 5.14 Å². The lowest BCUT2D eigenvalue weighted by molar-refractivity contribution is -0.134. The van der Waals surface area contributed by atoms with Gasteiger partial charge in [-0.25, -0.2) is 13.6 Å². The average Bonchev–Trinajstić information content (AvgIpc) is 2.77. The summed E-state index contributed by atoms with van der Waals surface area (Å²) in [5, 5.41) is 4.93. The first-order valence-electron chi connectivity index (χ1n) is 4.98. The van der Waals surface area contributed by atoms with E-state index < -0.39 is 21.1 Å². The van der Waals surface area contributed by atoms with Gasteiger partial charge in [-0.2, -0.15) is 13.2 Å². The molecule has 1 aromatic heterocycles. The maximum Gasteiger partial charge on any atom is 0.425 e. The van der Waals surface area contributed by atoms with Crippen LogP contribution in [0.25, 0.3) is 10.4 Å². The predicted molar refractivity (Wildman–Crippen MR) is 66.1 cm³/mol. The van der Waals surface area contributed by atoms with Crippen molar-refractivity contribution in [2.24, 2.45) is 5.14 Å². The fourth-order valence-corrected chi connectivity index (χ4v) is 2.85. The predicted octanol–water partition coefficient (Wildman–Crippen LogP) is 3.08. The van der Waals surface area contributed by atoms with E-state index in [-0.39, 0.29) is 4.90 Å². The SMILES string of the molecule is NS(=O)(=O)c1ccc(-c2ccc(C(F)(F)F)s2)cc1. The van der Waals surface area contributed by atoms with Gasteiger partial charge in [0.1, 0.15) is 4.88 Å². The summed E-state index contributed by atoms with van der Waals surface area (Å²) in [5.74, 6) is 0. The Morgan fingerprint density at radius 2 is 1.58 bits per heavy atom. The van der Waals surface area contributed by atoms with Gasteiger partial charge in [-0.15, -0.1) is 11.3 Å². The highest BCUT2D eigenvalue weighted by molar-refractivity contribution is 7.89. The van der Waals surface area contributed by atoms with Gasteiger partial charge < -0.3 is 0 Å². The molecule has 0 saturated heterocycles. The van der Waals surface area contributed by atoms with E-state index >= 15 is 0 Å². The number of benzene rings is 1. The smallest absolute Gasteiger partial charge is 0.225 e.